The molecule has 3 heterocycles. The van der Waals surface area contributed by atoms with Crippen LogP contribution in [-0.2, 0) is 0 Å². The fourth-order valence-corrected chi connectivity index (χ4v) is 5.70. The predicted octanol–water partition coefficient (Wildman–Crippen LogP) is 6.39. The smallest absolute Gasteiger partial charge is 0.231 e. The zero-order chi connectivity index (χ0) is 24.3. The van der Waals surface area contributed by atoms with Gasteiger partial charge in [0.05, 0.1) is 6.61 Å². The van der Waals surface area contributed by atoms with Crippen LogP contribution in [0.4, 0.5) is 4.39 Å². The molecule has 3 aliphatic rings. The fraction of sp³-hybridized carbons (Fsp3) is 0.586. The molecule has 0 N–H and O–H groups in total. The number of rotatable bonds is 8. The lowest BCUT2D eigenvalue weighted by atomic mass is 9.80. The summed E-state index contributed by atoms with van der Waals surface area (Å²) in [6, 6.07) is 12.8. The summed E-state index contributed by atoms with van der Waals surface area (Å²) in [7, 11) is 0. The van der Waals surface area contributed by atoms with Gasteiger partial charge in [-0.3, -0.25) is 0 Å². The van der Waals surface area contributed by atoms with Gasteiger partial charge in [0.1, 0.15) is 11.6 Å². The van der Waals surface area contributed by atoms with E-state index in [9.17, 15) is 4.39 Å². The van der Waals surface area contributed by atoms with Crippen molar-refractivity contribution in [2.75, 3.05) is 52.7 Å². The Labute approximate surface area is 233 Å². The molecule has 0 amide bonds. The minimum absolute atomic E-state index is 0. The van der Waals surface area contributed by atoms with Crippen molar-refractivity contribution in [3.05, 3.63) is 53.8 Å². The maximum absolute atomic E-state index is 13.6. The van der Waals surface area contributed by atoms with E-state index in [2.05, 4.69) is 23.6 Å². The highest BCUT2D eigenvalue weighted by Gasteiger charge is 2.31. The summed E-state index contributed by atoms with van der Waals surface area (Å²) < 4.78 is 30.8. The van der Waals surface area contributed by atoms with E-state index in [1.54, 1.807) is 12.1 Å². The third-order valence-electron chi connectivity index (χ3n) is 8.08. The molecular weight excluding hydrogens is 514 g/mol. The molecule has 0 aliphatic carbocycles. The van der Waals surface area contributed by atoms with Gasteiger partial charge in [-0.25, -0.2) is 4.39 Å². The number of halogens is 3. The zero-order valence-electron chi connectivity index (χ0n) is 22.0. The van der Waals surface area contributed by atoms with Crippen LogP contribution in [-0.4, -0.2) is 62.5 Å². The van der Waals surface area contributed by atoms with Crippen LogP contribution in [0, 0.1) is 17.2 Å². The average Bonchev–Trinajstić information content (AvgIpc) is 3.33. The molecule has 2 saturated heterocycles. The van der Waals surface area contributed by atoms with Gasteiger partial charge >= 0.3 is 0 Å². The first-order valence-corrected chi connectivity index (χ1v) is 13.2. The van der Waals surface area contributed by atoms with Crippen LogP contribution in [0.5, 0.6) is 17.2 Å². The number of ether oxygens (including phenoxy) is 3. The van der Waals surface area contributed by atoms with Gasteiger partial charge in [-0.05, 0) is 99.6 Å². The van der Waals surface area contributed by atoms with Crippen molar-refractivity contribution in [2.24, 2.45) is 11.3 Å². The monoisotopic (exact) mass is 554 g/mol. The van der Waals surface area contributed by atoms with Gasteiger partial charge in [0.25, 0.3) is 0 Å². The number of hydrogen-bond donors (Lipinski definition) is 0. The first-order valence-electron chi connectivity index (χ1n) is 13.2. The van der Waals surface area contributed by atoms with E-state index < -0.39 is 0 Å². The van der Waals surface area contributed by atoms with Gasteiger partial charge in [0.2, 0.25) is 6.79 Å². The first kappa shape index (κ1) is 29.8. The molecule has 2 aromatic carbocycles. The van der Waals surface area contributed by atoms with Crippen LogP contribution in [0.1, 0.15) is 51.0 Å². The van der Waals surface area contributed by atoms with E-state index >= 15 is 0 Å². The lowest BCUT2D eigenvalue weighted by molar-refractivity contribution is 0.0977. The van der Waals surface area contributed by atoms with E-state index in [0.717, 1.165) is 43.3 Å². The minimum atomic E-state index is -0.180. The topological polar surface area (TPSA) is 34.2 Å². The van der Waals surface area contributed by atoms with E-state index in [1.165, 1.54) is 44.5 Å². The quantitative estimate of drug-likeness (QED) is 0.377. The number of likely N-dealkylation sites (tertiary alicyclic amines) is 2. The van der Waals surface area contributed by atoms with E-state index in [-0.39, 0.29) is 37.4 Å². The van der Waals surface area contributed by atoms with Gasteiger partial charge in [-0.1, -0.05) is 26.0 Å². The maximum Gasteiger partial charge on any atom is 0.231 e. The van der Waals surface area contributed by atoms with Gasteiger partial charge in [-0.2, -0.15) is 0 Å². The van der Waals surface area contributed by atoms with Crippen molar-refractivity contribution in [3.63, 3.8) is 0 Å². The van der Waals surface area contributed by atoms with Gasteiger partial charge in [0.15, 0.2) is 11.5 Å². The van der Waals surface area contributed by atoms with Crippen LogP contribution >= 0.6 is 24.8 Å². The molecule has 0 radical (unpaired) electrons. The van der Waals surface area contributed by atoms with Crippen molar-refractivity contribution in [2.45, 2.75) is 45.4 Å². The minimum Gasteiger partial charge on any atom is -0.493 e. The Balaban J connectivity index is 0.00000190. The molecule has 2 atom stereocenters. The first-order chi connectivity index (χ1) is 16.9. The Bertz CT molecular complexity index is 982. The summed E-state index contributed by atoms with van der Waals surface area (Å²) in [5.41, 5.74) is 1.71. The molecule has 0 saturated carbocycles. The third-order valence-corrected chi connectivity index (χ3v) is 8.08. The number of hydrogen-bond acceptors (Lipinski definition) is 5. The predicted molar refractivity (Wildman–Crippen MR) is 150 cm³/mol. The van der Waals surface area contributed by atoms with Gasteiger partial charge in [-0.15, -0.1) is 24.8 Å². The summed E-state index contributed by atoms with van der Waals surface area (Å²) in [6.45, 7) is 12.5. The normalized spacial score (nSPS) is 23.1. The Morgan fingerprint density at radius 1 is 0.919 bits per heavy atom. The molecule has 0 unspecified atom stereocenters. The molecule has 0 bridgehead atoms. The zero-order valence-corrected chi connectivity index (χ0v) is 23.6. The van der Waals surface area contributed by atoms with Crippen LogP contribution in [0.2, 0.25) is 0 Å². The van der Waals surface area contributed by atoms with Crippen molar-refractivity contribution in [1.29, 1.82) is 0 Å². The van der Waals surface area contributed by atoms with Gasteiger partial charge in [0, 0.05) is 18.5 Å². The molecule has 8 heteroatoms. The Kier molecular flexibility index (Phi) is 10.8. The maximum atomic E-state index is 13.6. The molecule has 0 spiro atoms. The van der Waals surface area contributed by atoms with Crippen LogP contribution in [0.3, 0.4) is 0 Å². The molecule has 2 aromatic rings. The van der Waals surface area contributed by atoms with Crippen molar-refractivity contribution in [1.82, 2.24) is 9.80 Å². The summed E-state index contributed by atoms with van der Waals surface area (Å²) in [6.07, 6.45) is 4.88. The lowest BCUT2D eigenvalue weighted by Gasteiger charge is -2.40. The SMILES string of the molecule is CC1(C)CCN(CCCN2CC[C@@H](c3ccc(F)cc3)[C@H](COc3ccc4c(c3)OCO4)C2)CC1.Cl.Cl. The Hall–Kier alpha value is -1.73. The molecule has 37 heavy (non-hydrogen) atoms. The average molecular weight is 556 g/mol. The second-order valence-electron chi connectivity index (χ2n) is 11.2. The summed E-state index contributed by atoms with van der Waals surface area (Å²) in [5.74, 6) is 2.84. The van der Waals surface area contributed by atoms with Crippen LogP contribution in [0.25, 0.3) is 0 Å². The van der Waals surface area contributed by atoms with E-state index in [0.29, 0.717) is 23.9 Å². The van der Waals surface area contributed by atoms with E-state index in [4.69, 9.17) is 14.2 Å². The third kappa shape index (κ3) is 7.89. The lowest BCUT2D eigenvalue weighted by Crippen LogP contribution is -2.43. The standard InChI is InChI=1S/C29H39FN2O3.2ClH/c1-29(2)11-16-31(17-12-29)13-3-14-32-15-10-26(22-4-6-24(30)7-5-22)23(19-32)20-33-25-8-9-27-28(18-25)35-21-34-27;;/h4-9,18,23,26H,3,10-17,19-21H2,1-2H3;2*1H/t23-,26-;;/m0../s1. The molecular formula is C29H41Cl2FN2O3. The summed E-state index contributed by atoms with van der Waals surface area (Å²) in [4.78, 5) is 5.23. The van der Waals surface area contributed by atoms with Crippen LogP contribution < -0.4 is 14.2 Å². The summed E-state index contributed by atoms with van der Waals surface area (Å²) >= 11 is 0. The fourth-order valence-electron chi connectivity index (χ4n) is 5.70. The molecule has 5 rings (SSSR count). The molecule has 2 fully saturated rings. The largest absolute Gasteiger partial charge is 0.493 e. The number of benzene rings is 2. The second kappa shape index (κ2) is 13.4. The number of nitrogens with zero attached hydrogens (tertiary/aromatic N) is 2. The Morgan fingerprint density at radius 3 is 2.38 bits per heavy atom. The molecule has 0 aromatic heterocycles. The van der Waals surface area contributed by atoms with E-state index in [1.807, 2.05) is 30.3 Å². The molecule has 3 aliphatic heterocycles. The molecule has 206 valence electrons. The van der Waals surface area contributed by atoms with Gasteiger partial charge < -0.3 is 24.0 Å². The van der Waals surface area contributed by atoms with Crippen molar-refractivity contribution >= 4 is 24.8 Å². The highest BCUT2D eigenvalue weighted by atomic mass is 35.5. The Morgan fingerprint density at radius 2 is 1.62 bits per heavy atom. The highest BCUT2D eigenvalue weighted by molar-refractivity contribution is 5.85. The van der Waals surface area contributed by atoms with Crippen molar-refractivity contribution < 1.29 is 18.6 Å². The number of piperidine rings is 2. The molecule has 5 nitrogen and oxygen atoms in total. The van der Waals surface area contributed by atoms with Crippen LogP contribution in [0.15, 0.2) is 42.5 Å². The summed E-state index contributed by atoms with van der Waals surface area (Å²) in [5, 5.41) is 0. The highest BCUT2D eigenvalue weighted by Crippen LogP contribution is 2.37. The second-order valence-corrected chi connectivity index (χ2v) is 11.2. The number of fused-ring (bicyclic) bond motifs is 1. The van der Waals surface area contributed by atoms with Crippen molar-refractivity contribution in [3.8, 4) is 17.2 Å².